The highest BCUT2D eigenvalue weighted by Crippen LogP contribution is 2.46. The molecule has 224 valence electrons. The van der Waals surface area contributed by atoms with Gasteiger partial charge in [-0.3, -0.25) is 0 Å². The minimum absolute atomic E-state index is 1.21. The average molecular weight is 664 g/mol. The molecular formula is C36H55BrS3. The molecule has 0 saturated heterocycles. The predicted octanol–water partition coefficient (Wildman–Crippen LogP) is 14.7. The SMILES string of the molecule is CCCCCCCCc1cc(-c2sc(-c3sccc3CCCCCCCC)cc2CCCCCCCC)sc1Br. The molecule has 0 aliphatic rings. The van der Waals surface area contributed by atoms with Crippen LogP contribution in [0.3, 0.4) is 0 Å². The van der Waals surface area contributed by atoms with Crippen molar-refractivity contribution in [1.82, 2.24) is 0 Å². The van der Waals surface area contributed by atoms with Crippen LogP contribution >= 0.6 is 49.9 Å². The van der Waals surface area contributed by atoms with E-state index in [-0.39, 0.29) is 0 Å². The maximum atomic E-state index is 3.95. The standard InChI is InChI=1S/C36H55BrS3/c1-4-7-10-13-16-19-22-29-25-26-38-34(29)32-27-30(23-20-17-14-11-8-5-2)35(39-32)33-28-31(36(37)40-33)24-21-18-15-12-9-6-3/h25-28H,4-24H2,1-3H3. The summed E-state index contributed by atoms with van der Waals surface area (Å²) in [4.78, 5) is 6.08. The van der Waals surface area contributed by atoms with Gasteiger partial charge in [-0.2, -0.15) is 0 Å². The first-order valence-corrected chi connectivity index (χ1v) is 20.0. The Hall–Kier alpha value is -0.420. The van der Waals surface area contributed by atoms with Crippen molar-refractivity contribution in [2.45, 2.75) is 156 Å². The Balaban J connectivity index is 1.71. The average Bonchev–Trinajstić information content (AvgIpc) is 3.68. The summed E-state index contributed by atoms with van der Waals surface area (Å²) in [5, 5.41) is 2.33. The van der Waals surface area contributed by atoms with Gasteiger partial charge in [0.2, 0.25) is 0 Å². The van der Waals surface area contributed by atoms with Crippen LogP contribution in [0.15, 0.2) is 27.4 Å². The van der Waals surface area contributed by atoms with Gasteiger partial charge in [-0.1, -0.05) is 117 Å². The molecule has 0 radical (unpaired) electrons. The lowest BCUT2D eigenvalue weighted by molar-refractivity contribution is 0.607. The molecule has 0 N–H and O–H groups in total. The molecule has 0 saturated carbocycles. The number of unbranched alkanes of at least 4 members (excludes halogenated alkanes) is 15. The van der Waals surface area contributed by atoms with E-state index in [2.05, 4.69) is 71.6 Å². The summed E-state index contributed by atoms with van der Waals surface area (Å²) in [6.07, 6.45) is 28.3. The van der Waals surface area contributed by atoms with Crippen LogP contribution in [0.4, 0.5) is 0 Å². The molecular weight excluding hydrogens is 609 g/mol. The first-order chi connectivity index (χ1) is 19.7. The Labute approximate surface area is 267 Å². The van der Waals surface area contributed by atoms with Crippen LogP contribution in [0.1, 0.15) is 153 Å². The predicted molar refractivity (Wildman–Crippen MR) is 190 cm³/mol. The third kappa shape index (κ3) is 11.7. The number of rotatable bonds is 23. The molecule has 3 aromatic rings. The van der Waals surface area contributed by atoms with Gasteiger partial charge in [-0.25, -0.2) is 0 Å². The van der Waals surface area contributed by atoms with Crippen LogP contribution < -0.4 is 0 Å². The minimum Gasteiger partial charge on any atom is -0.143 e. The van der Waals surface area contributed by atoms with Crippen molar-refractivity contribution in [3.8, 4) is 19.5 Å². The molecule has 0 bridgehead atoms. The smallest absolute Gasteiger partial charge is 0.0737 e. The molecule has 3 aromatic heterocycles. The molecule has 0 aliphatic carbocycles. The molecule has 4 heteroatoms. The fourth-order valence-corrected chi connectivity index (χ4v) is 9.89. The molecule has 0 nitrogen and oxygen atoms in total. The zero-order chi connectivity index (χ0) is 28.4. The van der Waals surface area contributed by atoms with Crippen LogP contribution in [0.25, 0.3) is 19.5 Å². The Morgan fingerprint density at radius 2 is 0.950 bits per heavy atom. The van der Waals surface area contributed by atoms with Gasteiger partial charge in [0, 0.05) is 19.5 Å². The largest absolute Gasteiger partial charge is 0.143 e. The van der Waals surface area contributed by atoms with Crippen molar-refractivity contribution < 1.29 is 0 Å². The highest BCUT2D eigenvalue weighted by Gasteiger charge is 2.18. The first kappa shape index (κ1) is 34.1. The van der Waals surface area contributed by atoms with Crippen molar-refractivity contribution in [2.75, 3.05) is 0 Å². The van der Waals surface area contributed by atoms with Crippen molar-refractivity contribution in [1.29, 1.82) is 0 Å². The minimum atomic E-state index is 1.21. The molecule has 0 amide bonds. The van der Waals surface area contributed by atoms with Crippen molar-refractivity contribution in [3.05, 3.63) is 44.1 Å². The van der Waals surface area contributed by atoms with E-state index in [1.165, 1.54) is 159 Å². The summed E-state index contributed by atoms with van der Waals surface area (Å²) in [6.45, 7) is 6.92. The number of thiophene rings is 3. The number of hydrogen-bond donors (Lipinski definition) is 0. The maximum absolute atomic E-state index is 3.95. The van der Waals surface area contributed by atoms with Crippen molar-refractivity contribution in [2.24, 2.45) is 0 Å². The summed E-state index contributed by atoms with van der Waals surface area (Å²) < 4.78 is 1.36. The summed E-state index contributed by atoms with van der Waals surface area (Å²) in [5.41, 5.74) is 4.70. The molecule has 0 atom stereocenters. The zero-order valence-corrected chi connectivity index (χ0v) is 29.8. The monoisotopic (exact) mass is 662 g/mol. The van der Waals surface area contributed by atoms with E-state index >= 15 is 0 Å². The van der Waals surface area contributed by atoms with Gasteiger partial charge in [0.15, 0.2) is 0 Å². The Kier molecular flexibility index (Phi) is 17.4. The van der Waals surface area contributed by atoms with E-state index in [9.17, 15) is 0 Å². The summed E-state index contributed by atoms with van der Waals surface area (Å²) in [6, 6.07) is 7.50. The Morgan fingerprint density at radius 3 is 1.52 bits per heavy atom. The van der Waals surface area contributed by atoms with Crippen LogP contribution in [0, 0.1) is 0 Å². The lowest BCUT2D eigenvalue weighted by Gasteiger charge is -2.03. The van der Waals surface area contributed by atoms with Crippen molar-refractivity contribution in [3.63, 3.8) is 0 Å². The second-order valence-corrected chi connectivity index (χ2v) is 16.0. The first-order valence-electron chi connectivity index (χ1n) is 16.7. The van der Waals surface area contributed by atoms with Gasteiger partial charge in [-0.05, 0) is 94.7 Å². The molecule has 3 rings (SSSR count). The van der Waals surface area contributed by atoms with E-state index in [0.29, 0.717) is 0 Å². The summed E-state index contributed by atoms with van der Waals surface area (Å²) in [7, 11) is 0. The fraction of sp³-hybridized carbons (Fsp3) is 0.667. The Bertz CT molecular complexity index is 1060. The van der Waals surface area contributed by atoms with E-state index < -0.39 is 0 Å². The highest BCUT2D eigenvalue weighted by molar-refractivity contribution is 9.11. The normalized spacial score (nSPS) is 11.6. The van der Waals surface area contributed by atoms with Gasteiger partial charge in [0.25, 0.3) is 0 Å². The maximum Gasteiger partial charge on any atom is 0.0737 e. The van der Waals surface area contributed by atoms with Gasteiger partial charge < -0.3 is 0 Å². The Morgan fingerprint density at radius 1 is 0.500 bits per heavy atom. The van der Waals surface area contributed by atoms with Gasteiger partial charge in [0.05, 0.1) is 3.79 Å². The fourth-order valence-electron chi connectivity index (χ4n) is 5.66. The second-order valence-electron chi connectivity index (χ2n) is 11.7. The summed E-state index contributed by atoms with van der Waals surface area (Å²) >= 11 is 9.95. The molecule has 0 unspecified atom stereocenters. The van der Waals surface area contributed by atoms with Gasteiger partial charge >= 0.3 is 0 Å². The second kappa shape index (κ2) is 20.5. The molecule has 3 heterocycles. The topological polar surface area (TPSA) is 0 Å². The van der Waals surface area contributed by atoms with Crippen molar-refractivity contribution >= 4 is 49.9 Å². The van der Waals surface area contributed by atoms with Crippen LogP contribution in [-0.2, 0) is 19.3 Å². The van der Waals surface area contributed by atoms with E-state index in [1.807, 2.05) is 22.7 Å². The number of aryl methyl sites for hydroxylation is 3. The van der Waals surface area contributed by atoms with Gasteiger partial charge in [0.1, 0.15) is 0 Å². The summed E-state index contributed by atoms with van der Waals surface area (Å²) in [5.74, 6) is 0. The van der Waals surface area contributed by atoms with Crippen LogP contribution in [-0.4, -0.2) is 0 Å². The van der Waals surface area contributed by atoms with E-state index in [4.69, 9.17) is 0 Å². The zero-order valence-electron chi connectivity index (χ0n) is 25.8. The molecule has 0 aliphatic heterocycles. The van der Waals surface area contributed by atoms with Crippen LogP contribution in [0.5, 0.6) is 0 Å². The van der Waals surface area contributed by atoms with E-state index in [0.717, 1.165) is 0 Å². The third-order valence-electron chi connectivity index (χ3n) is 8.16. The highest BCUT2D eigenvalue weighted by atomic mass is 79.9. The third-order valence-corrected chi connectivity index (χ3v) is 12.6. The van der Waals surface area contributed by atoms with Gasteiger partial charge in [-0.15, -0.1) is 34.0 Å². The quantitative estimate of drug-likeness (QED) is 0.0886. The lowest BCUT2D eigenvalue weighted by Crippen LogP contribution is -1.87. The molecule has 0 fully saturated rings. The lowest BCUT2D eigenvalue weighted by atomic mass is 10.0. The number of halogens is 1. The number of hydrogen-bond acceptors (Lipinski definition) is 3. The molecule has 40 heavy (non-hydrogen) atoms. The van der Waals surface area contributed by atoms with E-state index in [1.54, 1.807) is 16.0 Å². The molecule has 0 aromatic carbocycles. The van der Waals surface area contributed by atoms with Crippen LogP contribution in [0.2, 0.25) is 0 Å². The molecule has 0 spiro atoms.